The molecule has 0 atom stereocenters. The number of primary amides is 1. The smallest absolute Gasteiger partial charge is 0.257 e. The Morgan fingerprint density at radius 1 is 1.00 bits per heavy atom. The predicted molar refractivity (Wildman–Crippen MR) is 73.7 cm³/mol. The number of hydrogen-bond donors (Lipinski definition) is 3. The number of para-hydroxylation sites is 1. The van der Waals surface area contributed by atoms with Crippen LogP contribution in [0.25, 0.3) is 0 Å². The summed E-state index contributed by atoms with van der Waals surface area (Å²) in [6.45, 7) is 0. The van der Waals surface area contributed by atoms with E-state index in [1.165, 1.54) is 12.1 Å². The quantitative estimate of drug-likeness (QED) is 0.753. The summed E-state index contributed by atoms with van der Waals surface area (Å²) in [6, 6.07) is 7.43. The maximum atomic E-state index is 13.2. The highest BCUT2D eigenvalue weighted by Gasteiger charge is 2.16. The van der Waals surface area contributed by atoms with Gasteiger partial charge in [0.15, 0.2) is 11.6 Å². The van der Waals surface area contributed by atoms with Gasteiger partial charge in [-0.1, -0.05) is 12.1 Å². The van der Waals surface area contributed by atoms with Crippen molar-refractivity contribution in [1.29, 1.82) is 0 Å². The Hall–Kier alpha value is -2.96. The lowest BCUT2D eigenvalue weighted by molar-refractivity contribution is 0.100. The molecule has 0 fully saturated rings. The number of amides is 2. The molecule has 0 spiro atoms. The number of carbonyl (C=O) groups is 2. The summed E-state index contributed by atoms with van der Waals surface area (Å²) in [6.07, 6.45) is 0. The number of hydrogen-bond acceptors (Lipinski definition) is 3. The van der Waals surface area contributed by atoms with E-state index in [1.54, 1.807) is 12.1 Å². The van der Waals surface area contributed by atoms with Crippen LogP contribution in [0.5, 0.6) is 0 Å². The molecule has 0 heterocycles. The van der Waals surface area contributed by atoms with Crippen molar-refractivity contribution in [2.75, 3.05) is 11.1 Å². The highest BCUT2D eigenvalue weighted by Crippen LogP contribution is 2.20. The van der Waals surface area contributed by atoms with E-state index in [-0.39, 0.29) is 22.5 Å². The fourth-order valence-electron chi connectivity index (χ4n) is 1.76. The molecule has 5 nitrogen and oxygen atoms in total. The van der Waals surface area contributed by atoms with Crippen LogP contribution in [0.2, 0.25) is 0 Å². The number of nitrogen functional groups attached to an aromatic ring is 1. The predicted octanol–water partition coefficient (Wildman–Crippen LogP) is 1.90. The van der Waals surface area contributed by atoms with E-state index in [0.29, 0.717) is 12.1 Å². The average molecular weight is 291 g/mol. The van der Waals surface area contributed by atoms with Gasteiger partial charge in [-0.25, -0.2) is 8.78 Å². The van der Waals surface area contributed by atoms with Gasteiger partial charge in [-0.2, -0.15) is 0 Å². The molecule has 0 aliphatic heterocycles. The summed E-state index contributed by atoms with van der Waals surface area (Å²) in [4.78, 5) is 23.3. The minimum Gasteiger partial charge on any atom is -0.398 e. The van der Waals surface area contributed by atoms with Crippen LogP contribution in [0.15, 0.2) is 36.4 Å². The third-order valence-corrected chi connectivity index (χ3v) is 2.78. The lowest BCUT2D eigenvalue weighted by atomic mass is 10.1. The molecule has 0 aliphatic carbocycles. The van der Waals surface area contributed by atoms with Gasteiger partial charge in [0, 0.05) is 11.8 Å². The molecule has 0 aliphatic rings. The zero-order chi connectivity index (χ0) is 15.6. The van der Waals surface area contributed by atoms with E-state index in [0.717, 1.165) is 0 Å². The number of nitrogens with one attached hydrogen (secondary N) is 1. The van der Waals surface area contributed by atoms with Crippen molar-refractivity contribution in [3.63, 3.8) is 0 Å². The molecule has 0 unspecified atom stereocenters. The summed E-state index contributed by atoms with van der Waals surface area (Å²) >= 11 is 0. The second-order valence-electron chi connectivity index (χ2n) is 4.22. The first-order chi connectivity index (χ1) is 9.90. The highest BCUT2D eigenvalue weighted by molar-refractivity contribution is 6.10. The maximum absolute atomic E-state index is 13.2. The van der Waals surface area contributed by atoms with E-state index in [1.807, 2.05) is 0 Å². The number of carbonyl (C=O) groups excluding carboxylic acids is 2. The van der Waals surface area contributed by atoms with Gasteiger partial charge in [-0.15, -0.1) is 0 Å². The van der Waals surface area contributed by atoms with Crippen LogP contribution in [-0.2, 0) is 0 Å². The molecule has 0 saturated heterocycles. The first-order valence-electron chi connectivity index (χ1n) is 5.85. The second kappa shape index (κ2) is 5.58. The van der Waals surface area contributed by atoms with Crippen molar-refractivity contribution in [1.82, 2.24) is 0 Å². The van der Waals surface area contributed by atoms with Gasteiger partial charge in [0.05, 0.1) is 16.8 Å². The van der Waals surface area contributed by atoms with Gasteiger partial charge in [-0.3, -0.25) is 9.59 Å². The van der Waals surface area contributed by atoms with E-state index in [9.17, 15) is 18.4 Å². The fourth-order valence-corrected chi connectivity index (χ4v) is 1.76. The van der Waals surface area contributed by atoms with E-state index >= 15 is 0 Å². The van der Waals surface area contributed by atoms with Gasteiger partial charge in [-0.05, 0) is 18.2 Å². The zero-order valence-corrected chi connectivity index (χ0v) is 10.7. The standard InChI is InChI=1S/C14H11F2N3O2/c15-9-5-8(11(17)6-10(9)16)14(21)19-12-4-2-1-3-7(12)13(18)20/h1-6H,17H2,(H2,18,20)(H,19,21). The zero-order valence-electron chi connectivity index (χ0n) is 10.7. The molecule has 2 aromatic carbocycles. The summed E-state index contributed by atoms with van der Waals surface area (Å²) in [7, 11) is 0. The summed E-state index contributed by atoms with van der Waals surface area (Å²) < 4.78 is 26.2. The van der Waals surface area contributed by atoms with Crippen molar-refractivity contribution in [3.8, 4) is 0 Å². The number of rotatable bonds is 3. The van der Waals surface area contributed by atoms with Crippen molar-refractivity contribution in [2.24, 2.45) is 5.73 Å². The number of nitrogens with two attached hydrogens (primary N) is 2. The summed E-state index contributed by atoms with van der Waals surface area (Å²) in [5.74, 6) is -3.86. The van der Waals surface area contributed by atoms with E-state index in [4.69, 9.17) is 11.5 Å². The number of halogens is 2. The third-order valence-electron chi connectivity index (χ3n) is 2.78. The first-order valence-corrected chi connectivity index (χ1v) is 5.85. The molecule has 2 rings (SSSR count). The van der Waals surface area contributed by atoms with Crippen molar-refractivity contribution >= 4 is 23.2 Å². The molecule has 5 N–H and O–H groups in total. The van der Waals surface area contributed by atoms with E-state index in [2.05, 4.69) is 5.32 Å². The van der Waals surface area contributed by atoms with Crippen LogP contribution in [0.4, 0.5) is 20.2 Å². The molecule has 21 heavy (non-hydrogen) atoms. The molecule has 0 saturated carbocycles. The second-order valence-corrected chi connectivity index (χ2v) is 4.22. The van der Waals surface area contributed by atoms with Crippen LogP contribution in [0, 0.1) is 11.6 Å². The Kier molecular flexibility index (Phi) is 3.84. The molecule has 7 heteroatoms. The van der Waals surface area contributed by atoms with Gasteiger partial charge in [0.2, 0.25) is 0 Å². The average Bonchev–Trinajstić information content (AvgIpc) is 2.43. The summed E-state index contributed by atoms with van der Waals surface area (Å²) in [5.41, 5.74) is 10.4. The Morgan fingerprint density at radius 3 is 2.29 bits per heavy atom. The minimum absolute atomic E-state index is 0.0898. The normalized spacial score (nSPS) is 10.2. The lowest BCUT2D eigenvalue weighted by Crippen LogP contribution is -2.19. The maximum Gasteiger partial charge on any atom is 0.257 e. The molecule has 0 radical (unpaired) electrons. The lowest BCUT2D eigenvalue weighted by Gasteiger charge is -2.10. The monoisotopic (exact) mass is 291 g/mol. The minimum atomic E-state index is -1.20. The topological polar surface area (TPSA) is 98.2 Å². The van der Waals surface area contributed by atoms with Crippen LogP contribution in [0.3, 0.4) is 0 Å². The first kappa shape index (κ1) is 14.4. The summed E-state index contributed by atoms with van der Waals surface area (Å²) in [5, 5.41) is 2.39. The van der Waals surface area contributed by atoms with Crippen LogP contribution < -0.4 is 16.8 Å². The Morgan fingerprint density at radius 2 is 1.62 bits per heavy atom. The third kappa shape index (κ3) is 2.97. The van der Waals surface area contributed by atoms with Gasteiger partial charge in [0.1, 0.15) is 0 Å². The molecular formula is C14H11F2N3O2. The fraction of sp³-hybridized carbons (Fsp3) is 0. The molecule has 2 aromatic rings. The van der Waals surface area contributed by atoms with Crippen molar-refractivity contribution in [2.45, 2.75) is 0 Å². The van der Waals surface area contributed by atoms with Crippen LogP contribution >= 0.6 is 0 Å². The number of benzene rings is 2. The van der Waals surface area contributed by atoms with Gasteiger partial charge in [0.25, 0.3) is 11.8 Å². The number of anilines is 2. The highest BCUT2D eigenvalue weighted by atomic mass is 19.2. The Balaban J connectivity index is 2.35. The van der Waals surface area contributed by atoms with Crippen LogP contribution in [-0.4, -0.2) is 11.8 Å². The SMILES string of the molecule is NC(=O)c1ccccc1NC(=O)c1cc(F)c(F)cc1N. The molecule has 2 amide bonds. The molecular weight excluding hydrogens is 280 g/mol. The van der Waals surface area contributed by atoms with Gasteiger partial charge < -0.3 is 16.8 Å². The van der Waals surface area contributed by atoms with Crippen molar-refractivity contribution < 1.29 is 18.4 Å². The molecule has 0 bridgehead atoms. The van der Waals surface area contributed by atoms with Crippen LogP contribution in [0.1, 0.15) is 20.7 Å². The largest absolute Gasteiger partial charge is 0.398 e. The molecule has 0 aromatic heterocycles. The van der Waals surface area contributed by atoms with E-state index < -0.39 is 23.4 Å². The van der Waals surface area contributed by atoms with Gasteiger partial charge >= 0.3 is 0 Å². The Labute approximate surface area is 118 Å². The molecule has 108 valence electrons. The Bertz CT molecular complexity index is 732. The van der Waals surface area contributed by atoms with Crippen molar-refractivity contribution in [3.05, 3.63) is 59.2 Å².